The number of hydrogen-bond donors (Lipinski definition) is 4. The van der Waals surface area contributed by atoms with E-state index in [1.807, 2.05) is 50.2 Å². The molecule has 58 heavy (non-hydrogen) atoms. The molecular formula is C43H49N9O6. The van der Waals surface area contributed by atoms with Crippen LogP contribution >= 0.6 is 0 Å². The molecule has 4 atom stereocenters. The van der Waals surface area contributed by atoms with Crippen LogP contribution in [0.2, 0.25) is 0 Å². The Hall–Kier alpha value is -6.51. The summed E-state index contributed by atoms with van der Waals surface area (Å²) >= 11 is 0. The number of alkyl carbamates (subject to hydrolysis) is 2. The van der Waals surface area contributed by atoms with Crippen LogP contribution in [0.3, 0.4) is 0 Å². The van der Waals surface area contributed by atoms with Crippen LogP contribution < -0.4 is 10.6 Å². The van der Waals surface area contributed by atoms with Gasteiger partial charge in [0, 0.05) is 31.9 Å². The highest BCUT2D eigenvalue weighted by Gasteiger charge is 2.38. The zero-order chi connectivity index (χ0) is 40.8. The Morgan fingerprint density at radius 2 is 1.16 bits per heavy atom. The molecule has 0 radical (unpaired) electrons. The summed E-state index contributed by atoms with van der Waals surface area (Å²) in [4.78, 5) is 75.5. The van der Waals surface area contributed by atoms with Crippen molar-refractivity contribution in [1.82, 2.24) is 45.4 Å². The number of aromatic nitrogens is 5. The average molecular weight is 788 g/mol. The monoisotopic (exact) mass is 787 g/mol. The smallest absolute Gasteiger partial charge is 0.407 e. The summed E-state index contributed by atoms with van der Waals surface area (Å²) in [5, 5.41) is 5.41. The first-order chi connectivity index (χ1) is 28.1. The summed E-state index contributed by atoms with van der Waals surface area (Å²) in [7, 11) is 2.57. The number of rotatable bonds is 12. The fourth-order valence-electron chi connectivity index (χ4n) is 7.85. The van der Waals surface area contributed by atoms with Crippen molar-refractivity contribution in [3.63, 3.8) is 0 Å². The SMILES string of the molecule is COC(=O)N[C@@H](Cc1ccncc1)C(=O)N1CCC[C@H]1c1ncc(-c2ccc(-c3ccc(-c4cnc([C@@H]5CCCN5C(=O)[C@@H](NC(=O)OC)C(C)C)[nH]4)cc3)cc2)[nH]1. The molecule has 15 nitrogen and oxygen atoms in total. The first-order valence-electron chi connectivity index (χ1n) is 19.6. The van der Waals surface area contributed by atoms with Crippen molar-refractivity contribution < 1.29 is 28.7 Å². The minimum atomic E-state index is -0.801. The molecule has 3 aromatic heterocycles. The van der Waals surface area contributed by atoms with Gasteiger partial charge in [-0.3, -0.25) is 14.6 Å². The van der Waals surface area contributed by atoms with E-state index >= 15 is 0 Å². The van der Waals surface area contributed by atoms with Crippen molar-refractivity contribution >= 4 is 24.0 Å². The van der Waals surface area contributed by atoms with E-state index in [0.29, 0.717) is 25.3 Å². The molecule has 0 unspecified atom stereocenters. The Balaban J connectivity index is 1.000. The zero-order valence-electron chi connectivity index (χ0n) is 33.1. The molecule has 15 heteroatoms. The predicted octanol–water partition coefficient (Wildman–Crippen LogP) is 6.20. The number of methoxy groups -OCH3 is 2. The molecule has 2 aliphatic heterocycles. The molecule has 5 heterocycles. The normalized spacial score (nSPS) is 17.5. The van der Waals surface area contributed by atoms with Crippen LogP contribution in [-0.2, 0) is 25.5 Å². The van der Waals surface area contributed by atoms with E-state index in [9.17, 15) is 19.2 Å². The topological polar surface area (TPSA) is 188 Å². The van der Waals surface area contributed by atoms with Crippen LogP contribution in [-0.4, -0.2) is 98.1 Å². The minimum Gasteiger partial charge on any atom is -0.453 e. The molecule has 2 aliphatic rings. The molecule has 2 fully saturated rings. The van der Waals surface area contributed by atoms with Crippen molar-refractivity contribution in [2.75, 3.05) is 27.3 Å². The molecule has 302 valence electrons. The predicted molar refractivity (Wildman–Crippen MR) is 216 cm³/mol. The van der Waals surface area contributed by atoms with Crippen molar-refractivity contribution in [1.29, 1.82) is 0 Å². The number of imidazole rings is 2. The van der Waals surface area contributed by atoms with E-state index in [2.05, 4.69) is 54.8 Å². The molecule has 5 aromatic rings. The number of H-pyrrole nitrogens is 2. The van der Waals surface area contributed by atoms with E-state index < -0.39 is 24.3 Å². The third-order valence-electron chi connectivity index (χ3n) is 11.0. The highest BCUT2D eigenvalue weighted by atomic mass is 16.5. The second-order valence-corrected chi connectivity index (χ2v) is 15.0. The standard InChI is InChI=1S/C43H49N9O6/c1-26(2)37(50-43(56)58-4)41(54)52-22-6-8-36(52)39-46-25-34(48-39)31-15-11-29(12-16-31)28-9-13-30(14-10-28)33-24-45-38(47-33)35-7-5-21-51(35)40(53)32(49-42(55)57-3)23-27-17-19-44-20-18-27/h9-20,24-26,32,35-37H,5-8,21-23H2,1-4H3,(H,45,47)(H,46,48)(H,49,55)(H,50,56)/t32-,35-,36-,37-/m0/s1. The van der Waals surface area contributed by atoms with Gasteiger partial charge in [0.05, 0.1) is 50.1 Å². The Morgan fingerprint density at radius 3 is 1.64 bits per heavy atom. The minimum absolute atomic E-state index is 0.109. The van der Waals surface area contributed by atoms with Crippen LogP contribution in [0.1, 0.15) is 68.8 Å². The molecule has 2 saturated heterocycles. The van der Waals surface area contributed by atoms with E-state index in [1.165, 1.54) is 14.2 Å². The molecule has 0 saturated carbocycles. The van der Waals surface area contributed by atoms with Crippen molar-refractivity contribution in [2.24, 2.45) is 5.92 Å². The van der Waals surface area contributed by atoms with Crippen LogP contribution in [0.4, 0.5) is 9.59 Å². The van der Waals surface area contributed by atoms with Gasteiger partial charge in [-0.15, -0.1) is 0 Å². The lowest BCUT2D eigenvalue weighted by atomic mass is 10.0. The van der Waals surface area contributed by atoms with Gasteiger partial charge in [0.15, 0.2) is 0 Å². The van der Waals surface area contributed by atoms with E-state index in [1.54, 1.807) is 34.6 Å². The number of carbonyl (C=O) groups excluding carboxylic acids is 4. The Morgan fingerprint density at radius 1 is 0.690 bits per heavy atom. The van der Waals surface area contributed by atoms with Gasteiger partial charge in [0.2, 0.25) is 11.8 Å². The Kier molecular flexibility index (Phi) is 12.1. The second-order valence-electron chi connectivity index (χ2n) is 15.0. The lowest BCUT2D eigenvalue weighted by molar-refractivity contribution is -0.135. The molecule has 2 aromatic carbocycles. The van der Waals surface area contributed by atoms with Crippen molar-refractivity contribution in [3.8, 4) is 33.6 Å². The highest BCUT2D eigenvalue weighted by Crippen LogP contribution is 2.35. The van der Waals surface area contributed by atoms with Gasteiger partial charge in [-0.1, -0.05) is 62.4 Å². The van der Waals surface area contributed by atoms with Gasteiger partial charge in [-0.2, -0.15) is 0 Å². The Bertz CT molecular complexity index is 2200. The number of ether oxygens (including phenoxy) is 2. The number of benzene rings is 2. The maximum atomic E-state index is 13.9. The zero-order valence-corrected chi connectivity index (χ0v) is 33.1. The molecular weight excluding hydrogens is 739 g/mol. The molecule has 4 N–H and O–H groups in total. The lowest BCUT2D eigenvalue weighted by Crippen LogP contribution is -2.51. The molecule has 4 amide bonds. The van der Waals surface area contributed by atoms with Gasteiger partial charge in [-0.05, 0) is 71.6 Å². The number of hydrogen-bond acceptors (Lipinski definition) is 9. The van der Waals surface area contributed by atoms with Gasteiger partial charge >= 0.3 is 12.2 Å². The Labute approximate surface area is 337 Å². The number of amides is 4. The van der Waals surface area contributed by atoms with Gasteiger partial charge in [-0.25, -0.2) is 19.6 Å². The van der Waals surface area contributed by atoms with E-state index in [-0.39, 0.29) is 29.8 Å². The first kappa shape index (κ1) is 39.7. The second kappa shape index (κ2) is 17.7. The quantitative estimate of drug-likeness (QED) is 0.114. The van der Waals surface area contributed by atoms with Crippen LogP contribution in [0.15, 0.2) is 85.5 Å². The van der Waals surface area contributed by atoms with Crippen LogP contribution in [0, 0.1) is 5.92 Å². The maximum absolute atomic E-state index is 13.9. The number of carbonyl (C=O) groups is 4. The van der Waals surface area contributed by atoms with Gasteiger partial charge < -0.3 is 39.9 Å². The fourth-order valence-corrected chi connectivity index (χ4v) is 7.85. The highest BCUT2D eigenvalue weighted by molar-refractivity contribution is 5.87. The van der Waals surface area contributed by atoms with Crippen LogP contribution in [0.25, 0.3) is 33.6 Å². The summed E-state index contributed by atoms with van der Waals surface area (Å²) in [5.41, 5.74) is 6.60. The van der Waals surface area contributed by atoms with Crippen molar-refractivity contribution in [2.45, 2.75) is 70.1 Å². The average Bonchev–Trinajstić information content (AvgIpc) is 4.09. The van der Waals surface area contributed by atoms with Gasteiger partial charge in [0.1, 0.15) is 23.7 Å². The number of nitrogens with one attached hydrogen (secondary N) is 4. The summed E-state index contributed by atoms with van der Waals surface area (Å²) in [6, 6.07) is 18.1. The third kappa shape index (κ3) is 8.72. The van der Waals surface area contributed by atoms with Gasteiger partial charge in [0.25, 0.3) is 0 Å². The molecule has 7 rings (SSSR count). The van der Waals surface area contributed by atoms with E-state index in [0.717, 1.165) is 70.7 Å². The summed E-state index contributed by atoms with van der Waals surface area (Å²) in [5.74, 6) is 0.975. The summed E-state index contributed by atoms with van der Waals surface area (Å²) in [6.45, 7) is 4.94. The molecule has 0 bridgehead atoms. The lowest BCUT2D eigenvalue weighted by Gasteiger charge is -2.30. The number of aromatic amines is 2. The number of pyridine rings is 1. The number of nitrogens with zero attached hydrogens (tertiary/aromatic N) is 5. The maximum Gasteiger partial charge on any atom is 0.407 e. The van der Waals surface area contributed by atoms with E-state index in [4.69, 9.17) is 14.5 Å². The number of likely N-dealkylation sites (tertiary alicyclic amines) is 2. The summed E-state index contributed by atoms with van der Waals surface area (Å²) in [6.07, 6.45) is 9.12. The largest absolute Gasteiger partial charge is 0.453 e. The molecule has 0 spiro atoms. The third-order valence-corrected chi connectivity index (χ3v) is 11.0. The van der Waals surface area contributed by atoms with Crippen LogP contribution in [0.5, 0.6) is 0 Å². The first-order valence-corrected chi connectivity index (χ1v) is 19.6. The summed E-state index contributed by atoms with van der Waals surface area (Å²) < 4.78 is 9.58. The fraction of sp³-hybridized carbons (Fsp3) is 0.372. The molecule has 0 aliphatic carbocycles. The van der Waals surface area contributed by atoms with Crippen molar-refractivity contribution in [3.05, 3.63) is 103 Å².